The van der Waals surface area contributed by atoms with E-state index in [2.05, 4.69) is 11.8 Å². The molecule has 1 aliphatic heterocycles. The maximum atomic E-state index is 10.3. The molecule has 0 unspecified atom stereocenters. The molecule has 5 heteroatoms. The minimum absolute atomic E-state index is 0.190. The molecule has 3 nitrogen and oxygen atoms in total. The predicted molar refractivity (Wildman–Crippen MR) is 67.3 cm³/mol. The van der Waals surface area contributed by atoms with Crippen LogP contribution in [0.1, 0.15) is 26.2 Å². The van der Waals surface area contributed by atoms with E-state index >= 15 is 0 Å². The number of carbonyl (C=O) groups is 1. The van der Waals surface area contributed by atoms with Crippen LogP contribution in [0.25, 0.3) is 0 Å². The molecule has 0 aromatic rings. The lowest BCUT2D eigenvalue weighted by Gasteiger charge is -2.31. The summed E-state index contributed by atoms with van der Waals surface area (Å²) >= 11 is 6.75. The van der Waals surface area contributed by atoms with E-state index in [9.17, 15) is 4.79 Å². The van der Waals surface area contributed by atoms with Crippen molar-refractivity contribution in [2.24, 2.45) is 5.92 Å². The summed E-state index contributed by atoms with van der Waals surface area (Å²) in [6.45, 7) is 4.32. The average Bonchev–Trinajstić information content (AvgIpc) is 2.18. The molecule has 86 valence electrons. The van der Waals surface area contributed by atoms with Crippen molar-refractivity contribution < 1.29 is 9.90 Å². The van der Waals surface area contributed by atoms with Crippen LogP contribution in [0.4, 0.5) is 0 Å². The zero-order chi connectivity index (χ0) is 11.3. The average molecular weight is 247 g/mol. The van der Waals surface area contributed by atoms with Gasteiger partial charge in [-0.05, 0) is 18.8 Å². The summed E-state index contributed by atoms with van der Waals surface area (Å²) in [5.41, 5.74) is 0. The zero-order valence-corrected chi connectivity index (χ0v) is 10.6. The van der Waals surface area contributed by atoms with Crippen molar-refractivity contribution in [3.63, 3.8) is 0 Å². The summed E-state index contributed by atoms with van der Waals surface area (Å²) in [6, 6.07) is 0. The molecule has 0 aliphatic carbocycles. The number of carboxylic acid groups (broad SMARTS) is 1. The third kappa shape index (κ3) is 4.84. The summed E-state index contributed by atoms with van der Waals surface area (Å²) in [7, 11) is 0. The Balaban J connectivity index is 2.19. The molecule has 0 aromatic heterocycles. The van der Waals surface area contributed by atoms with Gasteiger partial charge >= 0.3 is 5.97 Å². The highest BCUT2D eigenvalue weighted by atomic mass is 32.2. The first kappa shape index (κ1) is 12.8. The number of aliphatic carboxylic acids is 1. The van der Waals surface area contributed by atoms with Crippen LogP contribution in [-0.4, -0.2) is 39.1 Å². The maximum absolute atomic E-state index is 10.3. The summed E-state index contributed by atoms with van der Waals surface area (Å²) in [5.74, 6) is 0.630. The number of rotatable bonds is 3. The summed E-state index contributed by atoms with van der Waals surface area (Å²) in [4.78, 5) is 12.5. The lowest BCUT2D eigenvalue weighted by molar-refractivity contribution is -0.136. The number of likely N-dealkylation sites (tertiary alicyclic amines) is 1. The second-order valence-corrected chi connectivity index (χ2v) is 5.66. The smallest absolute Gasteiger partial charge is 0.304 e. The third-order valence-corrected chi connectivity index (χ3v) is 4.11. The fourth-order valence-electron chi connectivity index (χ4n) is 1.51. The van der Waals surface area contributed by atoms with Crippen LogP contribution in [-0.2, 0) is 4.79 Å². The van der Waals surface area contributed by atoms with E-state index in [0.717, 1.165) is 23.3 Å². The largest absolute Gasteiger partial charge is 0.481 e. The topological polar surface area (TPSA) is 40.5 Å². The Morgan fingerprint density at radius 3 is 2.67 bits per heavy atom. The Labute approximate surface area is 100 Å². The van der Waals surface area contributed by atoms with E-state index in [1.54, 1.807) is 0 Å². The molecule has 0 amide bonds. The Kier molecular flexibility index (Phi) is 5.39. The van der Waals surface area contributed by atoms with Gasteiger partial charge < -0.3 is 10.0 Å². The van der Waals surface area contributed by atoms with Crippen molar-refractivity contribution in [2.45, 2.75) is 26.2 Å². The molecule has 0 bridgehead atoms. The first-order chi connectivity index (χ1) is 7.09. The van der Waals surface area contributed by atoms with Gasteiger partial charge in [0, 0.05) is 18.8 Å². The quantitative estimate of drug-likeness (QED) is 0.774. The van der Waals surface area contributed by atoms with E-state index in [0.29, 0.717) is 5.75 Å². The van der Waals surface area contributed by atoms with Crippen molar-refractivity contribution in [2.75, 3.05) is 18.8 Å². The van der Waals surface area contributed by atoms with E-state index in [-0.39, 0.29) is 6.42 Å². The summed E-state index contributed by atoms with van der Waals surface area (Å²) < 4.78 is 0.864. The maximum Gasteiger partial charge on any atom is 0.304 e. The van der Waals surface area contributed by atoms with Gasteiger partial charge in [0.15, 0.2) is 0 Å². The van der Waals surface area contributed by atoms with Crippen LogP contribution in [0, 0.1) is 5.92 Å². The number of thiocarbonyl (C=S) groups is 1. The third-order valence-electron chi connectivity index (χ3n) is 2.58. The molecule has 1 saturated heterocycles. The van der Waals surface area contributed by atoms with Crippen molar-refractivity contribution >= 4 is 34.3 Å². The van der Waals surface area contributed by atoms with Gasteiger partial charge in [0.2, 0.25) is 0 Å². The Morgan fingerprint density at radius 2 is 2.13 bits per heavy atom. The molecule has 1 fully saturated rings. The van der Waals surface area contributed by atoms with Gasteiger partial charge in [-0.15, -0.1) is 0 Å². The molecule has 0 radical (unpaired) electrons. The second kappa shape index (κ2) is 6.33. The normalized spacial score (nSPS) is 17.8. The van der Waals surface area contributed by atoms with Crippen LogP contribution in [0.5, 0.6) is 0 Å². The number of hydrogen-bond donors (Lipinski definition) is 1. The molecule has 0 saturated carbocycles. The molecule has 15 heavy (non-hydrogen) atoms. The Hall–Kier alpha value is -0.290. The van der Waals surface area contributed by atoms with Crippen molar-refractivity contribution in [3.8, 4) is 0 Å². The highest BCUT2D eigenvalue weighted by Gasteiger charge is 2.17. The molecular formula is C10H17NO2S2. The standard InChI is InChI=1S/C10H17NO2S2/c1-8-2-5-11(6-3-8)10(14)15-7-4-9(12)13/h8H,2-7H2,1H3,(H,12,13). The first-order valence-corrected chi connectivity index (χ1v) is 6.62. The Bertz CT molecular complexity index is 238. The highest BCUT2D eigenvalue weighted by molar-refractivity contribution is 8.22. The zero-order valence-electron chi connectivity index (χ0n) is 8.94. The predicted octanol–water partition coefficient (Wildman–Crippen LogP) is 2.21. The van der Waals surface area contributed by atoms with Crippen LogP contribution in [0.15, 0.2) is 0 Å². The molecule has 0 aromatic carbocycles. The lowest BCUT2D eigenvalue weighted by atomic mass is 10.00. The number of thioether (sulfide) groups is 1. The van der Waals surface area contributed by atoms with Crippen LogP contribution >= 0.6 is 24.0 Å². The molecule has 1 heterocycles. The second-order valence-electron chi connectivity index (χ2n) is 3.93. The van der Waals surface area contributed by atoms with E-state index in [4.69, 9.17) is 17.3 Å². The van der Waals surface area contributed by atoms with Crippen molar-refractivity contribution in [3.05, 3.63) is 0 Å². The van der Waals surface area contributed by atoms with Crippen molar-refractivity contribution in [1.29, 1.82) is 0 Å². The van der Waals surface area contributed by atoms with Gasteiger partial charge in [0.1, 0.15) is 4.32 Å². The van der Waals surface area contributed by atoms with Gasteiger partial charge in [-0.25, -0.2) is 0 Å². The van der Waals surface area contributed by atoms with E-state index < -0.39 is 5.97 Å². The van der Waals surface area contributed by atoms with Crippen LogP contribution in [0.3, 0.4) is 0 Å². The number of nitrogens with zero attached hydrogens (tertiary/aromatic N) is 1. The molecule has 1 aliphatic rings. The Morgan fingerprint density at radius 1 is 1.53 bits per heavy atom. The fraction of sp³-hybridized carbons (Fsp3) is 0.800. The van der Waals surface area contributed by atoms with Crippen LogP contribution in [0.2, 0.25) is 0 Å². The van der Waals surface area contributed by atoms with Gasteiger partial charge in [-0.2, -0.15) is 0 Å². The fourth-order valence-corrected chi connectivity index (χ4v) is 2.76. The first-order valence-electron chi connectivity index (χ1n) is 5.23. The number of carboxylic acids is 1. The van der Waals surface area contributed by atoms with Crippen LogP contribution < -0.4 is 0 Å². The van der Waals surface area contributed by atoms with E-state index in [1.165, 1.54) is 24.6 Å². The molecule has 0 atom stereocenters. The monoisotopic (exact) mass is 247 g/mol. The van der Waals surface area contributed by atoms with Gasteiger partial charge in [0.25, 0.3) is 0 Å². The van der Waals surface area contributed by atoms with Gasteiger partial charge in [0.05, 0.1) is 6.42 Å². The summed E-state index contributed by atoms with van der Waals surface area (Å²) in [5, 5.41) is 8.50. The number of hydrogen-bond acceptors (Lipinski definition) is 3. The van der Waals surface area contributed by atoms with E-state index in [1.807, 2.05) is 0 Å². The van der Waals surface area contributed by atoms with Gasteiger partial charge in [-0.3, -0.25) is 4.79 Å². The summed E-state index contributed by atoms with van der Waals surface area (Å²) in [6.07, 6.45) is 2.58. The molecule has 1 rings (SSSR count). The molecular weight excluding hydrogens is 230 g/mol. The van der Waals surface area contributed by atoms with Gasteiger partial charge in [-0.1, -0.05) is 30.9 Å². The SMILES string of the molecule is CC1CCN(C(=S)SCCC(=O)O)CC1. The number of piperidine rings is 1. The highest BCUT2D eigenvalue weighted by Crippen LogP contribution is 2.20. The minimum atomic E-state index is -0.752. The van der Waals surface area contributed by atoms with Crippen molar-refractivity contribution in [1.82, 2.24) is 4.90 Å². The lowest BCUT2D eigenvalue weighted by Crippen LogP contribution is -2.35. The minimum Gasteiger partial charge on any atom is -0.481 e. The molecule has 1 N–H and O–H groups in total. The molecule has 0 spiro atoms.